The molecule has 2 aromatic carbocycles. The van der Waals surface area contributed by atoms with Crippen molar-refractivity contribution in [2.75, 3.05) is 6.54 Å². The molecule has 0 spiro atoms. The molecule has 2 atom stereocenters. The molecule has 1 heterocycles. The van der Waals surface area contributed by atoms with E-state index in [4.69, 9.17) is 0 Å². The predicted molar refractivity (Wildman–Crippen MR) is 76.1 cm³/mol. The van der Waals surface area contributed by atoms with Crippen molar-refractivity contribution in [3.63, 3.8) is 0 Å². The summed E-state index contributed by atoms with van der Waals surface area (Å²) in [5.74, 6) is 0. The van der Waals surface area contributed by atoms with E-state index in [0.29, 0.717) is 6.04 Å². The SMILES string of the molecule is C(=C\C1CN1Cc1ccccc1)/c1ccccc1. The van der Waals surface area contributed by atoms with Crippen LogP contribution in [-0.2, 0) is 6.54 Å². The van der Waals surface area contributed by atoms with Crippen molar-refractivity contribution < 1.29 is 0 Å². The van der Waals surface area contributed by atoms with Crippen LogP contribution in [0.25, 0.3) is 6.08 Å². The van der Waals surface area contributed by atoms with Crippen molar-refractivity contribution in [1.82, 2.24) is 4.90 Å². The summed E-state index contributed by atoms with van der Waals surface area (Å²) in [6, 6.07) is 21.8. The summed E-state index contributed by atoms with van der Waals surface area (Å²) >= 11 is 0. The third-order valence-electron chi connectivity index (χ3n) is 3.30. The first-order chi connectivity index (χ1) is 8.92. The van der Waals surface area contributed by atoms with Gasteiger partial charge in [-0.15, -0.1) is 0 Å². The highest BCUT2D eigenvalue weighted by atomic mass is 15.3. The normalized spacial score (nSPS) is 22.2. The number of rotatable bonds is 4. The Kier molecular flexibility index (Phi) is 3.24. The highest BCUT2D eigenvalue weighted by Gasteiger charge is 2.30. The van der Waals surface area contributed by atoms with Crippen LogP contribution in [0.15, 0.2) is 66.7 Å². The van der Waals surface area contributed by atoms with Crippen LogP contribution in [-0.4, -0.2) is 17.5 Å². The fourth-order valence-corrected chi connectivity index (χ4v) is 2.16. The first kappa shape index (κ1) is 11.2. The second kappa shape index (κ2) is 5.19. The highest BCUT2D eigenvalue weighted by Crippen LogP contribution is 2.22. The van der Waals surface area contributed by atoms with E-state index in [-0.39, 0.29) is 0 Å². The monoisotopic (exact) mass is 235 g/mol. The van der Waals surface area contributed by atoms with Gasteiger partial charge in [0.2, 0.25) is 0 Å². The van der Waals surface area contributed by atoms with E-state index in [1.807, 2.05) is 0 Å². The van der Waals surface area contributed by atoms with E-state index in [2.05, 4.69) is 77.7 Å². The minimum atomic E-state index is 0.616. The highest BCUT2D eigenvalue weighted by molar-refractivity contribution is 5.50. The van der Waals surface area contributed by atoms with Crippen LogP contribution >= 0.6 is 0 Å². The molecule has 18 heavy (non-hydrogen) atoms. The molecular formula is C17H17N. The molecule has 0 radical (unpaired) electrons. The Balaban J connectivity index is 1.54. The Labute approximate surface area is 108 Å². The number of benzene rings is 2. The van der Waals surface area contributed by atoms with Gasteiger partial charge in [0.1, 0.15) is 0 Å². The van der Waals surface area contributed by atoms with Gasteiger partial charge in [-0.25, -0.2) is 0 Å². The average Bonchev–Trinajstić information content (AvgIpc) is 3.17. The van der Waals surface area contributed by atoms with E-state index in [1.54, 1.807) is 0 Å². The van der Waals surface area contributed by atoms with Crippen molar-refractivity contribution in [2.45, 2.75) is 12.6 Å². The molecule has 2 aromatic rings. The lowest BCUT2D eigenvalue weighted by atomic mass is 10.2. The van der Waals surface area contributed by atoms with Crippen molar-refractivity contribution >= 4 is 6.08 Å². The lowest BCUT2D eigenvalue weighted by Crippen LogP contribution is -1.99. The summed E-state index contributed by atoms with van der Waals surface area (Å²) in [5, 5.41) is 0. The van der Waals surface area contributed by atoms with Crippen LogP contribution in [0, 0.1) is 0 Å². The Morgan fingerprint density at radius 3 is 2.33 bits per heavy atom. The summed E-state index contributed by atoms with van der Waals surface area (Å²) in [5.41, 5.74) is 2.68. The van der Waals surface area contributed by atoms with Gasteiger partial charge in [0, 0.05) is 19.1 Å². The molecule has 0 N–H and O–H groups in total. The van der Waals surface area contributed by atoms with Gasteiger partial charge in [0.25, 0.3) is 0 Å². The second-order valence-corrected chi connectivity index (χ2v) is 4.75. The van der Waals surface area contributed by atoms with E-state index >= 15 is 0 Å². The maximum absolute atomic E-state index is 2.47. The molecule has 0 bridgehead atoms. The molecule has 1 saturated heterocycles. The molecule has 1 aliphatic heterocycles. The third-order valence-corrected chi connectivity index (χ3v) is 3.30. The van der Waals surface area contributed by atoms with Crippen molar-refractivity contribution in [1.29, 1.82) is 0 Å². The van der Waals surface area contributed by atoms with Gasteiger partial charge in [-0.1, -0.05) is 72.8 Å². The molecule has 1 heteroatoms. The third kappa shape index (κ3) is 2.88. The Bertz CT molecular complexity index is 516. The number of nitrogens with zero attached hydrogens (tertiary/aromatic N) is 1. The Morgan fingerprint density at radius 2 is 1.61 bits per heavy atom. The van der Waals surface area contributed by atoms with Crippen molar-refractivity contribution in [2.24, 2.45) is 0 Å². The molecule has 0 amide bonds. The van der Waals surface area contributed by atoms with Gasteiger partial charge in [-0.3, -0.25) is 4.90 Å². The van der Waals surface area contributed by atoms with Gasteiger partial charge in [-0.2, -0.15) is 0 Å². The minimum Gasteiger partial charge on any atom is -0.290 e. The standard InChI is InChI=1S/C17H17N/c1-3-7-15(8-4-1)11-12-17-14-18(17)13-16-9-5-2-6-10-16/h1-12,17H,13-14H2/b12-11+. The largest absolute Gasteiger partial charge is 0.290 e. The van der Waals surface area contributed by atoms with Crippen LogP contribution in [0.2, 0.25) is 0 Å². The number of hydrogen-bond donors (Lipinski definition) is 0. The van der Waals surface area contributed by atoms with E-state index in [9.17, 15) is 0 Å². The fourth-order valence-electron chi connectivity index (χ4n) is 2.16. The molecule has 90 valence electrons. The van der Waals surface area contributed by atoms with Gasteiger partial charge < -0.3 is 0 Å². The molecule has 0 aliphatic carbocycles. The zero-order chi connectivity index (χ0) is 12.2. The van der Waals surface area contributed by atoms with Gasteiger partial charge in [0.15, 0.2) is 0 Å². The predicted octanol–water partition coefficient (Wildman–Crippen LogP) is 3.58. The van der Waals surface area contributed by atoms with E-state index in [0.717, 1.165) is 6.54 Å². The number of hydrogen-bond acceptors (Lipinski definition) is 1. The summed E-state index contributed by atoms with van der Waals surface area (Å²) < 4.78 is 0. The summed E-state index contributed by atoms with van der Waals surface area (Å²) in [4.78, 5) is 2.47. The first-order valence-electron chi connectivity index (χ1n) is 6.43. The average molecular weight is 235 g/mol. The topological polar surface area (TPSA) is 3.01 Å². The molecule has 1 nitrogen and oxygen atoms in total. The maximum Gasteiger partial charge on any atom is 0.0413 e. The lowest BCUT2D eigenvalue weighted by Gasteiger charge is -2.01. The second-order valence-electron chi connectivity index (χ2n) is 4.75. The van der Waals surface area contributed by atoms with Crippen molar-refractivity contribution in [3.8, 4) is 0 Å². The summed E-state index contributed by atoms with van der Waals surface area (Å²) in [7, 11) is 0. The zero-order valence-corrected chi connectivity index (χ0v) is 10.4. The first-order valence-corrected chi connectivity index (χ1v) is 6.43. The molecule has 1 aliphatic rings. The smallest absolute Gasteiger partial charge is 0.0413 e. The molecule has 2 unspecified atom stereocenters. The van der Waals surface area contributed by atoms with Crippen LogP contribution < -0.4 is 0 Å². The minimum absolute atomic E-state index is 0.616. The zero-order valence-electron chi connectivity index (χ0n) is 10.4. The van der Waals surface area contributed by atoms with Crippen LogP contribution in [0.1, 0.15) is 11.1 Å². The van der Waals surface area contributed by atoms with Gasteiger partial charge in [-0.05, 0) is 11.1 Å². The van der Waals surface area contributed by atoms with Crippen LogP contribution in [0.4, 0.5) is 0 Å². The Hall–Kier alpha value is -1.86. The summed E-state index contributed by atoms with van der Waals surface area (Å²) in [6.45, 7) is 2.24. The van der Waals surface area contributed by atoms with E-state index in [1.165, 1.54) is 17.7 Å². The van der Waals surface area contributed by atoms with Gasteiger partial charge in [0.05, 0.1) is 0 Å². The summed E-state index contributed by atoms with van der Waals surface area (Å²) in [6.07, 6.45) is 4.52. The molecule has 1 fully saturated rings. The molecule has 0 saturated carbocycles. The molecule has 3 rings (SSSR count). The van der Waals surface area contributed by atoms with Crippen LogP contribution in [0.3, 0.4) is 0 Å². The van der Waals surface area contributed by atoms with Crippen LogP contribution in [0.5, 0.6) is 0 Å². The molecule has 0 aromatic heterocycles. The lowest BCUT2D eigenvalue weighted by molar-refractivity contribution is 0.529. The van der Waals surface area contributed by atoms with Crippen molar-refractivity contribution in [3.05, 3.63) is 77.9 Å². The quantitative estimate of drug-likeness (QED) is 0.732. The maximum atomic E-state index is 2.47. The Morgan fingerprint density at radius 1 is 0.944 bits per heavy atom. The molecular weight excluding hydrogens is 218 g/mol. The van der Waals surface area contributed by atoms with E-state index < -0.39 is 0 Å². The fraction of sp³-hybridized carbons (Fsp3) is 0.176. The van der Waals surface area contributed by atoms with Gasteiger partial charge >= 0.3 is 0 Å².